The summed E-state index contributed by atoms with van der Waals surface area (Å²) in [6.45, 7) is 4.06. The maximum absolute atomic E-state index is 10.7. The molecule has 0 saturated carbocycles. The van der Waals surface area contributed by atoms with E-state index in [9.17, 15) is 10.1 Å². The summed E-state index contributed by atoms with van der Waals surface area (Å²) in [6.07, 6.45) is 0. The van der Waals surface area contributed by atoms with Crippen LogP contribution in [0.4, 0.5) is 5.69 Å². The molecule has 2 rings (SSSR count). The summed E-state index contributed by atoms with van der Waals surface area (Å²) in [5.74, 6) is 1.31. The predicted molar refractivity (Wildman–Crippen MR) is 83.8 cm³/mol. The number of aliphatic hydroxyl groups excluding tert-OH is 1. The maximum atomic E-state index is 10.7. The van der Waals surface area contributed by atoms with Gasteiger partial charge in [0.1, 0.15) is 11.5 Å². The average Bonchev–Trinajstić information content (AvgIpc) is 2.94. The van der Waals surface area contributed by atoms with E-state index < -0.39 is 4.92 Å². The molecule has 0 unspecified atom stereocenters. The number of halogens is 1. The minimum absolute atomic E-state index is 0.0550. The molecule has 118 valence electrons. The second-order valence-corrected chi connectivity index (χ2v) is 5.19. The molecule has 22 heavy (non-hydrogen) atoms. The largest absolute Gasteiger partial charge is 0.460 e. The van der Waals surface area contributed by atoms with Crippen molar-refractivity contribution in [3.05, 3.63) is 51.2 Å². The lowest BCUT2D eigenvalue weighted by molar-refractivity contribution is -0.384. The van der Waals surface area contributed by atoms with Gasteiger partial charge in [0, 0.05) is 24.2 Å². The van der Waals surface area contributed by atoms with Crippen molar-refractivity contribution in [2.24, 2.45) is 0 Å². The summed E-state index contributed by atoms with van der Waals surface area (Å²) in [4.78, 5) is 12.3. The third kappa shape index (κ3) is 3.85. The number of rotatable bonds is 7. The minimum atomic E-state index is -0.489. The van der Waals surface area contributed by atoms with E-state index >= 15 is 0 Å². The Morgan fingerprint density at radius 1 is 1.36 bits per heavy atom. The van der Waals surface area contributed by atoms with Crippen LogP contribution in [0.15, 0.2) is 34.7 Å². The van der Waals surface area contributed by atoms with Crippen LogP contribution in [-0.4, -0.2) is 34.6 Å². The van der Waals surface area contributed by atoms with Gasteiger partial charge in [0.15, 0.2) is 0 Å². The maximum Gasteiger partial charge on any atom is 0.270 e. The van der Waals surface area contributed by atoms with Crippen LogP contribution in [0.3, 0.4) is 0 Å². The second-order valence-electron chi connectivity index (χ2n) is 4.78. The highest BCUT2D eigenvalue weighted by atomic mass is 35.5. The second kappa shape index (κ2) is 7.40. The lowest BCUT2D eigenvalue weighted by Crippen LogP contribution is -2.25. The quantitative estimate of drug-likeness (QED) is 0.624. The summed E-state index contributed by atoms with van der Waals surface area (Å²) < 4.78 is 5.75. The van der Waals surface area contributed by atoms with E-state index in [4.69, 9.17) is 21.1 Å². The van der Waals surface area contributed by atoms with Crippen LogP contribution in [0.25, 0.3) is 11.3 Å². The van der Waals surface area contributed by atoms with Gasteiger partial charge < -0.3 is 9.52 Å². The zero-order valence-corrected chi connectivity index (χ0v) is 12.9. The summed E-state index contributed by atoms with van der Waals surface area (Å²) in [5, 5.41) is 20.0. The van der Waals surface area contributed by atoms with E-state index in [1.807, 2.05) is 17.9 Å². The molecule has 0 fully saturated rings. The molecule has 0 aliphatic carbocycles. The third-order valence-electron chi connectivity index (χ3n) is 3.33. The lowest BCUT2D eigenvalue weighted by Gasteiger charge is -2.17. The SMILES string of the molecule is CCN(CCO)Cc1ccc(-c2ccc([N+](=O)[O-])cc2Cl)o1. The Kier molecular flexibility index (Phi) is 5.54. The molecule has 1 aromatic carbocycles. The molecular weight excluding hydrogens is 308 g/mol. The van der Waals surface area contributed by atoms with Gasteiger partial charge in [-0.25, -0.2) is 0 Å². The van der Waals surface area contributed by atoms with Gasteiger partial charge in [-0.2, -0.15) is 0 Å². The van der Waals surface area contributed by atoms with Crippen LogP contribution in [0.1, 0.15) is 12.7 Å². The van der Waals surface area contributed by atoms with Crippen molar-refractivity contribution in [1.29, 1.82) is 0 Å². The summed E-state index contributed by atoms with van der Waals surface area (Å²) in [6, 6.07) is 7.91. The highest BCUT2D eigenvalue weighted by Crippen LogP contribution is 2.32. The highest BCUT2D eigenvalue weighted by molar-refractivity contribution is 6.33. The Labute approximate surface area is 133 Å². The van der Waals surface area contributed by atoms with Gasteiger partial charge in [-0.3, -0.25) is 15.0 Å². The summed E-state index contributed by atoms with van der Waals surface area (Å²) >= 11 is 6.09. The molecule has 7 heteroatoms. The van der Waals surface area contributed by atoms with Gasteiger partial charge in [0.2, 0.25) is 0 Å². The Hall–Kier alpha value is -1.89. The van der Waals surface area contributed by atoms with Gasteiger partial charge >= 0.3 is 0 Å². The fraction of sp³-hybridized carbons (Fsp3) is 0.333. The molecule has 0 aliphatic heterocycles. The van der Waals surface area contributed by atoms with Gasteiger partial charge in [-0.1, -0.05) is 18.5 Å². The first-order valence-corrected chi connectivity index (χ1v) is 7.29. The molecular formula is C15H17ClN2O4. The van der Waals surface area contributed by atoms with E-state index in [-0.39, 0.29) is 17.3 Å². The molecule has 1 N–H and O–H groups in total. The summed E-state index contributed by atoms with van der Waals surface area (Å²) in [7, 11) is 0. The van der Waals surface area contributed by atoms with Crippen LogP contribution >= 0.6 is 11.6 Å². The highest BCUT2D eigenvalue weighted by Gasteiger charge is 2.14. The molecule has 0 spiro atoms. The normalized spacial score (nSPS) is 11.1. The summed E-state index contributed by atoms with van der Waals surface area (Å²) in [5.41, 5.74) is 0.560. The van der Waals surface area contributed by atoms with Gasteiger partial charge in [-0.05, 0) is 24.7 Å². The first-order chi connectivity index (χ1) is 10.5. The zero-order chi connectivity index (χ0) is 16.1. The van der Waals surface area contributed by atoms with Crippen LogP contribution in [-0.2, 0) is 6.54 Å². The first kappa shape index (κ1) is 16.5. The van der Waals surface area contributed by atoms with Gasteiger partial charge in [0.25, 0.3) is 5.69 Å². The number of nitrogens with zero attached hydrogens (tertiary/aromatic N) is 2. The van der Waals surface area contributed by atoms with E-state index in [0.29, 0.717) is 24.4 Å². The molecule has 2 aromatic rings. The standard InChI is InChI=1S/C15H17ClN2O4/c1-2-17(7-8-19)10-12-4-6-15(22-12)13-5-3-11(18(20)21)9-14(13)16/h3-6,9,19H,2,7-8,10H2,1H3. The van der Waals surface area contributed by atoms with Crippen molar-refractivity contribution in [3.8, 4) is 11.3 Å². The Morgan fingerprint density at radius 3 is 2.73 bits per heavy atom. The van der Waals surface area contributed by atoms with Crippen LogP contribution in [0.5, 0.6) is 0 Å². The van der Waals surface area contributed by atoms with Crippen LogP contribution < -0.4 is 0 Å². The average molecular weight is 325 g/mol. The smallest absolute Gasteiger partial charge is 0.270 e. The molecule has 0 atom stereocenters. The van der Waals surface area contributed by atoms with Gasteiger partial charge in [-0.15, -0.1) is 0 Å². The molecule has 0 bridgehead atoms. The van der Waals surface area contributed by atoms with E-state index in [1.54, 1.807) is 12.1 Å². The minimum Gasteiger partial charge on any atom is -0.460 e. The number of non-ortho nitro benzene ring substituents is 1. The number of benzene rings is 1. The molecule has 0 radical (unpaired) electrons. The van der Waals surface area contributed by atoms with Crippen molar-refractivity contribution >= 4 is 17.3 Å². The van der Waals surface area contributed by atoms with Crippen molar-refractivity contribution in [2.45, 2.75) is 13.5 Å². The van der Waals surface area contributed by atoms with Crippen molar-refractivity contribution < 1.29 is 14.4 Å². The molecule has 0 aliphatic rings. The van der Waals surface area contributed by atoms with Crippen molar-refractivity contribution in [1.82, 2.24) is 4.90 Å². The van der Waals surface area contributed by atoms with Crippen LogP contribution in [0.2, 0.25) is 5.02 Å². The lowest BCUT2D eigenvalue weighted by atomic mass is 10.1. The fourth-order valence-corrected chi connectivity index (χ4v) is 2.40. The van der Waals surface area contributed by atoms with Crippen molar-refractivity contribution in [2.75, 3.05) is 19.7 Å². The molecule has 1 aromatic heterocycles. The van der Waals surface area contributed by atoms with Crippen LogP contribution in [0, 0.1) is 10.1 Å². The van der Waals surface area contributed by atoms with E-state index in [2.05, 4.69) is 0 Å². The first-order valence-electron chi connectivity index (χ1n) is 6.91. The van der Waals surface area contributed by atoms with Crippen molar-refractivity contribution in [3.63, 3.8) is 0 Å². The van der Waals surface area contributed by atoms with E-state index in [1.165, 1.54) is 12.1 Å². The number of furan rings is 1. The predicted octanol–water partition coefficient (Wildman–Crippen LogP) is 3.32. The Balaban J connectivity index is 2.19. The number of nitro groups is 1. The zero-order valence-electron chi connectivity index (χ0n) is 12.2. The monoisotopic (exact) mass is 324 g/mol. The number of hydrogen-bond donors (Lipinski definition) is 1. The number of likely N-dealkylation sites (N-methyl/N-ethyl adjacent to an activating group) is 1. The number of aliphatic hydroxyl groups is 1. The molecule has 1 heterocycles. The van der Waals surface area contributed by atoms with Gasteiger partial charge in [0.05, 0.1) is 23.1 Å². The Morgan fingerprint density at radius 2 is 2.14 bits per heavy atom. The molecule has 6 nitrogen and oxygen atoms in total. The number of nitro benzene ring substituents is 1. The fourth-order valence-electron chi connectivity index (χ4n) is 2.14. The third-order valence-corrected chi connectivity index (χ3v) is 3.65. The number of hydrogen-bond acceptors (Lipinski definition) is 5. The Bertz CT molecular complexity index is 657. The van der Waals surface area contributed by atoms with E-state index in [0.717, 1.165) is 12.3 Å². The topological polar surface area (TPSA) is 79.8 Å². The molecule has 0 saturated heterocycles. The molecule has 0 amide bonds.